The molecule has 0 spiro atoms. The SMILES string of the molecule is Nc1cc(F)c(-c2ccc(F)cc2)c(F)c1. The standard InChI is InChI=1S/C12H8F3N/c13-8-3-1-7(2-4-8)12-10(14)5-9(16)6-11(12)15/h1-6H,16H2. The molecule has 0 fully saturated rings. The predicted molar refractivity (Wildman–Crippen MR) is 56.2 cm³/mol. The van der Waals surface area contributed by atoms with Crippen molar-refractivity contribution in [2.24, 2.45) is 0 Å². The Morgan fingerprint density at radius 2 is 1.31 bits per heavy atom. The van der Waals surface area contributed by atoms with Gasteiger partial charge in [0, 0.05) is 5.69 Å². The summed E-state index contributed by atoms with van der Waals surface area (Å²) in [5, 5.41) is 0. The van der Waals surface area contributed by atoms with Crippen molar-refractivity contribution in [1.82, 2.24) is 0 Å². The number of nitrogen functional groups attached to an aromatic ring is 1. The predicted octanol–water partition coefficient (Wildman–Crippen LogP) is 3.35. The molecule has 0 atom stereocenters. The summed E-state index contributed by atoms with van der Waals surface area (Å²) in [7, 11) is 0. The van der Waals surface area contributed by atoms with E-state index in [0.29, 0.717) is 0 Å². The molecule has 2 aromatic carbocycles. The lowest BCUT2D eigenvalue weighted by molar-refractivity contribution is 0.590. The number of rotatable bonds is 1. The second-order valence-electron chi connectivity index (χ2n) is 3.37. The van der Waals surface area contributed by atoms with Crippen molar-refractivity contribution in [3.63, 3.8) is 0 Å². The van der Waals surface area contributed by atoms with Gasteiger partial charge in [-0.15, -0.1) is 0 Å². The molecular formula is C12H8F3N. The van der Waals surface area contributed by atoms with Crippen LogP contribution in [0.4, 0.5) is 18.9 Å². The molecule has 2 N–H and O–H groups in total. The lowest BCUT2D eigenvalue weighted by Gasteiger charge is -2.06. The normalized spacial score (nSPS) is 10.4. The van der Waals surface area contributed by atoms with Gasteiger partial charge in [-0.05, 0) is 29.8 Å². The molecule has 4 heteroatoms. The van der Waals surface area contributed by atoms with Gasteiger partial charge < -0.3 is 5.73 Å². The zero-order valence-corrected chi connectivity index (χ0v) is 8.18. The van der Waals surface area contributed by atoms with Crippen LogP contribution in [0.1, 0.15) is 0 Å². The number of hydrogen-bond donors (Lipinski definition) is 1. The Morgan fingerprint density at radius 1 is 0.812 bits per heavy atom. The van der Waals surface area contributed by atoms with E-state index < -0.39 is 17.5 Å². The van der Waals surface area contributed by atoms with E-state index in [1.165, 1.54) is 12.1 Å². The van der Waals surface area contributed by atoms with Crippen LogP contribution in [0, 0.1) is 17.5 Å². The van der Waals surface area contributed by atoms with E-state index >= 15 is 0 Å². The highest BCUT2D eigenvalue weighted by Gasteiger charge is 2.12. The van der Waals surface area contributed by atoms with Gasteiger partial charge in [0.1, 0.15) is 17.5 Å². The highest BCUT2D eigenvalue weighted by Crippen LogP contribution is 2.27. The molecule has 0 saturated heterocycles. The van der Waals surface area contributed by atoms with Crippen molar-refractivity contribution >= 4 is 5.69 Å². The van der Waals surface area contributed by atoms with Crippen molar-refractivity contribution in [3.05, 3.63) is 53.8 Å². The summed E-state index contributed by atoms with van der Waals surface area (Å²) < 4.78 is 39.6. The molecule has 2 aromatic rings. The van der Waals surface area contributed by atoms with Crippen LogP contribution in [0.3, 0.4) is 0 Å². The number of halogens is 3. The summed E-state index contributed by atoms with van der Waals surface area (Å²) in [5.41, 5.74) is 5.38. The van der Waals surface area contributed by atoms with Crippen molar-refractivity contribution < 1.29 is 13.2 Å². The minimum atomic E-state index is -0.760. The van der Waals surface area contributed by atoms with Gasteiger partial charge >= 0.3 is 0 Å². The molecule has 0 aliphatic carbocycles. The third-order valence-corrected chi connectivity index (χ3v) is 2.20. The molecule has 0 saturated carbocycles. The third-order valence-electron chi connectivity index (χ3n) is 2.20. The van der Waals surface area contributed by atoms with Crippen LogP contribution in [-0.2, 0) is 0 Å². The maximum absolute atomic E-state index is 13.5. The van der Waals surface area contributed by atoms with Crippen LogP contribution in [0.2, 0.25) is 0 Å². The average Bonchev–Trinajstić information content (AvgIpc) is 2.19. The topological polar surface area (TPSA) is 26.0 Å². The van der Waals surface area contributed by atoms with E-state index in [2.05, 4.69) is 0 Å². The van der Waals surface area contributed by atoms with E-state index in [-0.39, 0.29) is 16.8 Å². The molecule has 0 heterocycles. The summed E-state index contributed by atoms with van der Waals surface area (Å²) in [6.45, 7) is 0. The van der Waals surface area contributed by atoms with Crippen LogP contribution in [0.15, 0.2) is 36.4 Å². The van der Waals surface area contributed by atoms with Crippen LogP contribution in [-0.4, -0.2) is 0 Å². The third kappa shape index (κ3) is 1.86. The van der Waals surface area contributed by atoms with Gasteiger partial charge in [-0.25, -0.2) is 13.2 Å². The summed E-state index contributed by atoms with van der Waals surface area (Å²) >= 11 is 0. The van der Waals surface area contributed by atoms with Crippen LogP contribution >= 0.6 is 0 Å². The Morgan fingerprint density at radius 3 is 1.81 bits per heavy atom. The summed E-state index contributed by atoms with van der Waals surface area (Å²) in [5.74, 6) is -1.98. The van der Waals surface area contributed by atoms with Crippen molar-refractivity contribution in [2.45, 2.75) is 0 Å². The minimum Gasteiger partial charge on any atom is -0.399 e. The van der Waals surface area contributed by atoms with Gasteiger partial charge in [-0.1, -0.05) is 12.1 Å². The largest absolute Gasteiger partial charge is 0.399 e. The fraction of sp³-hybridized carbons (Fsp3) is 0. The average molecular weight is 223 g/mol. The van der Waals surface area contributed by atoms with Crippen molar-refractivity contribution in [2.75, 3.05) is 5.73 Å². The van der Waals surface area contributed by atoms with Gasteiger partial charge in [0.25, 0.3) is 0 Å². The molecule has 0 amide bonds. The molecule has 0 aliphatic rings. The second-order valence-corrected chi connectivity index (χ2v) is 3.37. The summed E-state index contributed by atoms with van der Waals surface area (Å²) in [6.07, 6.45) is 0. The van der Waals surface area contributed by atoms with Crippen molar-refractivity contribution in [3.8, 4) is 11.1 Å². The highest BCUT2D eigenvalue weighted by atomic mass is 19.1. The monoisotopic (exact) mass is 223 g/mol. The summed E-state index contributed by atoms with van der Waals surface area (Å²) in [6, 6.07) is 6.97. The first kappa shape index (κ1) is 10.5. The van der Waals surface area contributed by atoms with Gasteiger partial charge in [-0.3, -0.25) is 0 Å². The first-order chi connectivity index (χ1) is 7.58. The molecule has 0 aromatic heterocycles. The van der Waals surface area contributed by atoms with Crippen LogP contribution in [0.5, 0.6) is 0 Å². The zero-order valence-electron chi connectivity index (χ0n) is 8.18. The van der Waals surface area contributed by atoms with Crippen LogP contribution in [0.25, 0.3) is 11.1 Å². The molecule has 16 heavy (non-hydrogen) atoms. The lowest BCUT2D eigenvalue weighted by atomic mass is 10.0. The molecule has 82 valence electrons. The van der Waals surface area contributed by atoms with E-state index in [4.69, 9.17) is 5.73 Å². The number of hydrogen-bond acceptors (Lipinski definition) is 1. The smallest absolute Gasteiger partial charge is 0.136 e. The van der Waals surface area contributed by atoms with E-state index in [9.17, 15) is 13.2 Å². The Kier molecular flexibility index (Phi) is 2.56. The van der Waals surface area contributed by atoms with Gasteiger partial charge in [0.05, 0.1) is 5.56 Å². The maximum atomic E-state index is 13.5. The van der Waals surface area contributed by atoms with E-state index in [0.717, 1.165) is 24.3 Å². The van der Waals surface area contributed by atoms with E-state index in [1.807, 2.05) is 0 Å². The zero-order chi connectivity index (χ0) is 11.7. The minimum absolute atomic E-state index is 0.0147. The molecular weight excluding hydrogens is 215 g/mol. The fourth-order valence-electron chi connectivity index (χ4n) is 1.49. The lowest BCUT2D eigenvalue weighted by Crippen LogP contribution is -1.94. The molecule has 2 rings (SSSR count). The Balaban J connectivity index is 2.60. The van der Waals surface area contributed by atoms with Crippen molar-refractivity contribution in [1.29, 1.82) is 0 Å². The first-order valence-corrected chi connectivity index (χ1v) is 4.58. The molecule has 0 radical (unpaired) electrons. The fourth-order valence-corrected chi connectivity index (χ4v) is 1.49. The van der Waals surface area contributed by atoms with Gasteiger partial charge in [-0.2, -0.15) is 0 Å². The maximum Gasteiger partial charge on any atom is 0.136 e. The first-order valence-electron chi connectivity index (χ1n) is 4.58. The van der Waals surface area contributed by atoms with Gasteiger partial charge in [0.2, 0.25) is 0 Å². The van der Waals surface area contributed by atoms with Crippen LogP contribution < -0.4 is 5.73 Å². The molecule has 0 aliphatic heterocycles. The second kappa shape index (κ2) is 3.89. The van der Waals surface area contributed by atoms with Gasteiger partial charge in [0.15, 0.2) is 0 Å². The number of nitrogens with two attached hydrogens (primary N) is 1. The Labute approximate surface area is 90.3 Å². The van der Waals surface area contributed by atoms with E-state index in [1.54, 1.807) is 0 Å². The number of benzene rings is 2. The quantitative estimate of drug-likeness (QED) is 0.737. The Bertz CT molecular complexity index is 497. The highest BCUT2D eigenvalue weighted by molar-refractivity contribution is 5.67. The molecule has 0 bridgehead atoms. The summed E-state index contributed by atoms with van der Waals surface area (Å²) in [4.78, 5) is 0. The molecule has 0 unspecified atom stereocenters. The number of anilines is 1. The molecule has 1 nitrogen and oxygen atoms in total. The Hall–Kier alpha value is -1.97.